The van der Waals surface area contributed by atoms with Gasteiger partial charge in [0, 0.05) is 25.4 Å². The summed E-state index contributed by atoms with van der Waals surface area (Å²) < 4.78 is 31.3. The molecule has 3 aromatic rings. The van der Waals surface area contributed by atoms with Crippen LogP contribution in [0.25, 0.3) is 10.2 Å². The molecule has 0 radical (unpaired) electrons. The third kappa shape index (κ3) is 5.41. The number of fused-ring (bicyclic) bond motifs is 1. The van der Waals surface area contributed by atoms with Gasteiger partial charge in [-0.3, -0.25) is 4.79 Å². The summed E-state index contributed by atoms with van der Waals surface area (Å²) in [6.45, 7) is 3.44. The monoisotopic (exact) mass is 543 g/mol. The van der Waals surface area contributed by atoms with Gasteiger partial charge >= 0.3 is 0 Å². The second-order valence-electron chi connectivity index (χ2n) is 7.90. The Morgan fingerprint density at radius 3 is 2.79 bits per heavy atom. The normalized spacial score (nSPS) is 18.3. The van der Waals surface area contributed by atoms with Crippen molar-refractivity contribution in [2.75, 3.05) is 25.1 Å². The lowest BCUT2D eigenvalue weighted by atomic mass is 9.99. The van der Waals surface area contributed by atoms with Gasteiger partial charge in [0.05, 0.1) is 20.5 Å². The molecular formula is C22H26ClN3O3S4. The summed E-state index contributed by atoms with van der Waals surface area (Å²) in [5.74, 6) is 0.218. The van der Waals surface area contributed by atoms with E-state index < -0.39 is 15.9 Å². The van der Waals surface area contributed by atoms with Crippen molar-refractivity contribution < 1.29 is 13.2 Å². The lowest BCUT2D eigenvalue weighted by Gasteiger charge is -2.29. The van der Waals surface area contributed by atoms with Gasteiger partial charge in [0.1, 0.15) is 4.21 Å². The molecule has 1 saturated heterocycles. The van der Waals surface area contributed by atoms with Crippen LogP contribution < -0.4 is 4.80 Å². The molecule has 1 aliphatic heterocycles. The summed E-state index contributed by atoms with van der Waals surface area (Å²) >= 11 is 10.3. The van der Waals surface area contributed by atoms with E-state index in [1.807, 2.05) is 0 Å². The Kier molecular flexibility index (Phi) is 8.02. The molecule has 11 heteroatoms. The molecule has 1 unspecified atom stereocenters. The number of carbonyl (C=O) groups is 1. The van der Waals surface area contributed by atoms with Crippen LogP contribution in [0.1, 0.15) is 25.3 Å². The van der Waals surface area contributed by atoms with Gasteiger partial charge in [-0.15, -0.1) is 11.3 Å². The molecule has 0 saturated carbocycles. The fourth-order valence-corrected chi connectivity index (χ4v) is 8.58. The lowest BCUT2D eigenvalue weighted by molar-refractivity contribution is -0.122. The number of hydrogen-bond donors (Lipinski definition) is 0. The molecule has 0 N–H and O–H groups in total. The summed E-state index contributed by atoms with van der Waals surface area (Å²) in [6.07, 6.45) is 4.27. The van der Waals surface area contributed by atoms with Crippen molar-refractivity contribution in [2.45, 2.75) is 36.9 Å². The van der Waals surface area contributed by atoms with Crippen LogP contribution >= 0.6 is 46.0 Å². The number of hydrogen-bond acceptors (Lipinski definition) is 6. The summed E-state index contributed by atoms with van der Waals surface area (Å²) in [7, 11) is -3.66. The molecule has 0 spiro atoms. The molecule has 2 aromatic heterocycles. The lowest BCUT2D eigenvalue weighted by Crippen LogP contribution is -2.42. The SMILES string of the molecule is CCc1ccc2c(c1)sc(=NC(=O)C1CCCN(S(=O)(=O)c3ccc(Cl)s3)C1)n2CCSC. The van der Waals surface area contributed by atoms with E-state index in [4.69, 9.17) is 11.6 Å². The Hall–Kier alpha value is -1.17. The summed E-state index contributed by atoms with van der Waals surface area (Å²) in [5.41, 5.74) is 2.33. The van der Waals surface area contributed by atoms with Crippen molar-refractivity contribution in [3.63, 3.8) is 0 Å². The van der Waals surface area contributed by atoms with Crippen molar-refractivity contribution in [3.8, 4) is 0 Å². The summed E-state index contributed by atoms with van der Waals surface area (Å²) in [4.78, 5) is 18.4. The van der Waals surface area contributed by atoms with E-state index >= 15 is 0 Å². The molecule has 1 amide bonds. The molecule has 6 nitrogen and oxygen atoms in total. The van der Waals surface area contributed by atoms with Crippen LogP contribution in [0.2, 0.25) is 4.34 Å². The van der Waals surface area contributed by atoms with E-state index in [-0.39, 0.29) is 16.7 Å². The zero-order valence-electron chi connectivity index (χ0n) is 18.5. The Morgan fingerprint density at radius 2 is 2.09 bits per heavy atom. The van der Waals surface area contributed by atoms with E-state index in [9.17, 15) is 13.2 Å². The van der Waals surface area contributed by atoms with Gasteiger partial charge in [0.2, 0.25) is 0 Å². The van der Waals surface area contributed by atoms with Gasteiger partial charge < -0.3 is 4.57 Å². The molecule has 3 heterocycles. The van der Waals surface area contributed by atoms with Gasteiger partial charge in [-0.1, -0.05) is 35.9 Å². The Labute approximate surface area is 211 Å². The molecule has 33 heavy (non-hydrogen) atoms. The molecule has 1 atom stereocenters. The van der Waals surface area contributed by atoms with Crippen LogP contribution in [0.3, 0.4) is 0 Å². The number of sulfonamides is 1. The van der Waals surface area contributed by atoms with Gasteiger partial charge in [-0.2, -0.15) is 21.1 Å². The fraction of sp³-hybridized carbons (Fsp3) is 0.455. The maximum absolute atomic E-state index is 13.2. The number of thioether (sulfide) groups is 1. The zero-order valence-corrected chi connectivity index (χ0v) is 22.5. The first kappa shape index (κ1) is 24.9. The van der Waals surface area contributed by atoms with Crippen molar-refractivity contribution >= 4 is 72.2 Å². The van der Waals surface area contributed by atoms with Crippen LogP contribution in [0.15, 0.2) is 39.5 Å². The maximum atomic E-state index is 13.2. The number of thiazole rings is 1. The first-order chi connectivity index (χ1) is 15.8. The summed E-state index contributed by atoms with van der Waals surface area (Å²) in [6, 6.07) is 9.50. The van der Waals surface area contributed by atoms with Crippen LogP contribution in [0.5, 0.6) is 0 Å². The second-order valence-corrected chi connectivity index (χ2v) is 13.8. The highest BCUT2D eigenvalue weighted by molar-refractivity contribution is 7.98. The average molecular weight is 544 g/mol. The Balaban J connectivity index is 1.63. The number of nitrogens with zero attached hydrogens (tertiary/aromatic N) is 3. The molecular weight excluding hydrogens is 518 g/mol. The average Bonchev–Trinajstić information content (AvgIpc) is 3.40. The van der Waals surface area contributed by atoms with E-state index in [1.165, 1.54) is 27.3 Å². The van der Waals surface area contributed by atoms with Gasteiger partial charge in [-0.25, -0.2) is 8.42 Å². The number of rotatable bonds is 7. The number of halogens is 1. The molecule has 4 rings (SSSR count). The van der Waals surface area contributed by atoms with Gasteiger partial charge in [-0.05, 0) is 55.3 Å². The zero-order chi connectivity index (χ0) is 23.6. The van der Waals surface area contributed by atoms with Crippen LogP contribution in [0.4, 0.5) is 0 Å². The predicted octanol–water partition coefficient (Wildman–Crippen LogP) is 4.87. The fourth-order valence-electron chi connectivity index (χ4n) is 3.93. The third-order valence-electron chi connectivity index (χ3n) is 5.76. The molecule has 0 bridgehead atoms. The molecule has 1 aliphatic rings. The number of amides is 1. The standard InChI is InChI=1S/C22H26ClN3O3S4/c1-3-15-6-7-17-18(13-15)31-22(26(17)11-12-30-2)24-21(27)16-5-4-10-25(14-16)33(28,29)20-9-8-19(23)32-20/h6-9,13,16H,3-5,10-12,14H2,1-2H3. The Morgan fingerprint density at radius 1 is 1.27 bits per heavy atom. The first-order valence-corrected chi connectivity index (χ1v) is 15.6. The van der Waals surface area contributed by atoms with Crippen molar-refractivity contribution in [2.24, 2.45) is 10.9 Å². The number of benzene rings is 1. The van der Waals surface area contributed by atoms with Crippen LogP contribution in [-0.2, 0) is 27.8 Å². The highest BCUT2D eigenvalue weighted by Crippen LogP contribution is 2.31. The second kappa shape index (κ2) is 10.6. The third-order valence-corrected chi connectivity index (χ3v) is 11.0. The smallest absolute Gasteiger partial charge is 0.252 e. The quantitative estimate of drug-likeness (QED) is 0.426. The molecule has 178 valence electrons. The van der Waals surface area contributed by atoms with Crippen molar-refractivity contribution in [1.29, 1.82) is 0 Å². The predicted molar refractivity (Wildman–Crippen MR) is 139 cm³/mol. The number of aromatic nitrogens is 1. The largest absolute Gasteiger partial charge is 0.316 e. The summed E-state index contributed by atoms with van der Waals surface area (Å²) in [5, 5.41) is 0. The van der Waals surface area contributed by atoms with E-state index in [0.29, 0.717) is 28.5 Å². The van der Waals surface area contributed by atoms with Gasteiger partial charge in [0.25, 0.3) is 15.9 Å². The minimum atomic E-state index is -3.66. The van der Waals surface area contributed by atoms with Crippen LogP contribution in [0, 0.1) is 5.92 Å². The number of piperidine rings is 1. The van der Waals surface area contributed by atoms with Gasteiger partial charge in [0.15, 0.2) is 4.80 Å². The topological polar surface area (TPSA) is 71.7 Å². The Bertz CT molecular complexity index is 1330. The first-order valence-electron chi connectivity index (χ1n) is 10.8. The minimum Gasteiger partial charge on any atom is -0.316 e. The molecule has 1 aromatic carbocycles. The highest BCUT2D eigenvalue weighted by atomic mass is 35.5. The molecule has 1 fully saturated rings. The van der Waals surface area contributed by atoms with E-state index in [1.54, 1.807) is 17.8 Å². The minimum absolute atomic E-state index is 0.149. The molecule has 0 aliphatic carbocycles. The van der Waals surface area contributed by atoms with Crippen LogP contribution in [-0.4, -0.2) is 48.3 Å². The van der Waals surface area contributed by atoms with Crippen molar-refractivity contribution in [1.82, 2.24) is 8.87 Å². The number of aryl methyl sites for hydroxylation is 2. The van der Waals surface area contributed by atoms with E-state index in [0.717, 1.165) is 40.3 Å². The number of thiophene rings is 1. The maximum Gasteiger partial charge on any atom is 0.252 e. The van der Waals surface area contributed by atoms with Crippen molar-refractivity contribution in [3.05, 3.63) is 45.0 Å². The number of carbonyl (C=O) groups excluding carboxylic acids is 1. The highest BCUT2D eigenvalue weighted by Gasteiger charge is 2.34. The van der Waals surface area contributed by atoms with E-state index in [2.05, 4.69) is 40.9 Å².